The first-order valence-corrected chi connectivity index (χ1v) is 13.2. The average Bonchev–Trinajstić information content (AvgIpc) is 3.25. The lowest BCUT2D eigenvalue weighted by Gasteiger charge is -2.34. The molecule has 1 unspecified atom stereocenters. The molecule has 4 rings (SSSR count). The quantitative estimate of drug-likeness (QED) is 0.255. The second-order valence-corrected chi connectivity index (χ2v) is 10.1. The number of methoxy groups -OCH3 is 1. The maximum Gasteiger partial charge on any atom is 0.432 e. The topological polar surface area (TPSA) is 93.4 Å². The predicted molar refractivity (Wildman–Crippen MR) is 149 cm³/mol. The summed E-state index contributed by atoms with van der Waals surface area (Å²) in [6, 6.07) is 14.9. The van der Waals surface area contributed by atoms with Gasteiger partial charge in [0.2, 0.25) is 0 Å². The van der Waals surface area contributed by atoms with Crippen LogP contribution >= 0.6 is 0 Å². The SMILES string of the molecule is CO[C@](C(=O)OC(CCc1c(C(=O)N(C)C)cn2c(C)c(C)nc2c1O)c1ccccc1)(c1ccccc1)C(F)(F)F. The zero-order valence-corrected chi connectivity index (χ0v) is 23.9. The van der Waals surface area contributed by atoms with Crippen LogP contribution in [0, 0.1) is 13.8 Å². The number of fused-ring (bicyclic) bond motifs is 1. The van der Waals surface area contributed by atoms with Gasteiger partial charge in [-0.1, -0.05) is 60.7 Å². The van der Waals surface area contributed by atoms with Crippen molar-refractivity contribution in [2.24, 2.45) is 0 Å². The number of aryl methyl sites for hydroxylation is 2. The van der Waals surface area contributed by atoms with Crippen molar-refractivity contribution in [3.63, 3.8) is 0 Å². The smallest absolute Gasteiger partial charge is 0.432 e. The average molecular weight is 584 g/mol. The maximum absolute atomic E-state index is 14.6. The number of carbonyl (C=O) groups excluding carboxylic acids is 2. The number of nitrogens with zero attached hydrogens (tertiary/aromatic N) is 3. The van der Waals surface area contributed by atoms with Crippen LogP contribution in [-0.2, 0) is 26.3 Å². The maximum atomic E-state index is 14.6. The summed E-state index contributed by atoms with van der Waals surface area (Å²) < 4.78 is 55.8. The molecule has 0 aliphatic rings. The van der Waals surface area contributed by atoms with Crippen LogP contribution in [0.3, 0.4) is 0 Å². The first-order valence-electron chi connectivity index (χ1n) is 13.2. The highest BCUT2D eigenvalue weighted by molar-refractivity contribution is 5.96. The molecule has 0 aliphatic heterocycles. The Hall–Kier alpha value is -4.38. The van der Waals surface area contributed by atoms with E-state index >= 15 is 0 Å². The third kappa shape index (κ3) is 5.44. The van der Waals surface area contributed by atoms with Crippen LogP contribution in [0.4, 0.5) is 13.2 Å². The van der Waals surface area contributed by atoms with Gasteiger partial charge in [0, 0.05) is 44.2 Å². The van der Waals surface area contributed by atoms with Gasteiger partial charge in [-0.25, -0.2) is 9.78 Å². The summed E-state index contributed by atoms with van der Waals surface area (Å²) in [7, 11) is 3.94. The molecule has 4 aromatic rings. The summed E-state index contributed by atoms with van der Waals surface area (Å²) in [4.78, 5) is 32.4. The molecule has 0 aliphatic carbocycles. The molecule has 0 radical (unpaired) electrons. The Morgan fingerprint density at radius 1 is 1.02 bits per heavy atom. The van der Waals surface area contributed by atoms with Gasteiger partial charge in [0.1, 0.15) is 6.10 Å². The second kappa shape index (κ2) is 11.8. The molecule has 0 saturated heterocycles. The molecule has 42 heavy (non-hydrogen) atoms. The fourth-order valence-electron chi connectivity index (χ4n) is 4.94. The Morgan fingerprint density at radius 2 is 1.62 bits per heavy atom. The van der Waals surface area contributed by atoms with Crippen LogP contribution in [0.15, 0.2) is 66.9 Å². The first-order chi connectivity index (χ1) is 19.8. The second-order valence-electron chi connectivity index (χ2n) is 10.1. The van der Waals surface area contributed by atoms with Gasteiger partial charge in [0.15, 0.2) is 11.4 Å². The van der Waals surface area contributed by atoms with E-state index in [0.29, 0.717) is 11.3 Å². The molecule has 2 heterocycles. The van der Waals surface area contributed by atoms with Gasteiger partial charge in [0.05, 0.1) is 11.3 Å². The molecule has 11 heteroatoms. The fraction of sp³-hybridized carbons (Fsp3) is 0.323. The number of imidazole rings is 1. The van der Waals surface area contributed by atoms with Crippen molar-refractivity contribution in [3.8, 4) is 5.75 Å². The fourth-order valence-corrected chi connectivity index (χ4v) is 4.94. The highest BCUT2D eigenvalue weighted by Crippen LogP contribution is 2.44. The van der Waals surface area contributed by atoms with Crippen molar-refractivity contribution in [1.82, 2.24) is 14.3 Å². The Bertz CT molecular complexity index is 1590. The molecule has 2 atom stereocenters. The van der Waals surface area contributed by atoms with Gasteiger partial charge in [-0.2, -0.15) is 13.2 Å². The zero-order valence-electron chi connectivity index (χ0n) is 23.9. The van der Waals surface area contributed by atoms with Crippen molar-refractivity contribution in [2.45, 2.75) is 44.6 Å². The van der Waals surface area contributed by atoms with Crippen LogP contribution < -0.4 is 0 Å². The number of esters is 1. The van der Waals surface area contributed by atoms with E-state index < -0.39 is 29.4 Å². The molecule has 222 valence electrons. The van der Waals surface area contributed by atoms with Crippen LogP contribution in [0.2, 0.25) is 0 Å². The van der Waals surface area contributed by atoms with E-state index in [1.807, 2.05) is 0 Å². The molecule has 2 aromatic carbocycles. The van der Waals surface area contributed by atoms with E-state index in [0.717, 1.165) is 24.9 Å². The Kier molecular flexibility index (Phi) is 8.63. The van der Waals surface area contributed by atoms with Crippen molar-refractivity contribution in [2.75, 3.05) is 21.2 Å². The number of aromatic nitrogens is 2. The van der Waals surface area contributed by atoms with Crippen molar-refractivity contribution in [3.05, 3.63) is 101 Å². The molecule has 0 fully saturated rings. The summed E-state index contributed by atoms with van der Waals surface area (Å²) in [5, 5.41) is 11.3. The van der Waals surface area contributed by atoms with Crippen LogP contribution in [0.1, 0.15) is 51.0 Å². The van der Waals surface area contributed by atoms with E-state index in [1.165, 1.54) is 23.1 Å². The first kappa shape index (κ1) is 30.6. The van der Waals surface area contributed by atoms with E-state index in [9.17, 15) is 27.9 Å². The number of rotatable bonds is 9. The molecule has 0 saturated carbocycles. The normalized spacial score (nSPS) is 13.9. The number of carbonyl (C=O) groups is 2. The monoisotopic (exact) mass is 583 g/mol. The number of amides is 1. The summed E-state index contributed by atoms with van der Waals surface area (Å²) in [5.74, 6) is -2.26. The van der Waals surface area contributed by atoms with Crippen LogP contribution in [-0.4, -0.2) is 58.6 Å². The Morgan fingerprint density at radius 3 is 2.17 bits per heavy atom. The molecular weight excluding hydrogens is 551 g/mol. The van der Waals surface area contributed by atoms with Gasteiger partial charge in [0.25, 0.3) is 11.5 Å². The lowest BCUT2D eigenvalue weighted by Crippen LogP contribution is -2.52. The Labute approximate surface area is 241 Å². The predicted octanol–water partition coefficient (Wildman–Crippen LogP) is 5.68. The molecule has 1 amide bonds. The molecule has 2 aromatic heterocycles. The molecule has 0 bridgehead atoms. The number of benzene rings is 2. The largest absolute Gasteiger partial charge is 0.504 e. The van der Waals surface area contributed by atoms with Gasteiger partial charge in [-0.05, 0) is 32.3 Å². The molecule has 8 nitrogen and oxygen atoms in total. The summed E-state index contributed by atoms with van der Waals surface area (Å²) in [5.41, 5.74) is -1.31. The van der Waals surface area contributed by atoms with Crippen molar-refractivity contribution < 1.29 is 37.3 Å². The van der Waals surface area contributed by atoms with Crippen molar-refractivity contribution >= 4 is 17.5 Å². The van der Waals surface area contributed by atoms with E-state index in [4.69, 9.17) is 9.47 Å². The number of hydrogen-bond donors (Lipinski definition) is 1. The summed E-state index contributed by atoms with van der Waals surface area (Å²) in [6.45, 7) is 3.58. The Balaban J connectivity index is 1.77. The van der Waals surface area contributed by atoms with Crippen LogP contribution in [0.25, 0.3) is 5.65 Å². The minimum Gasteiger partial charge on any atom is -0.504 e. The van der Waals surface area contributed by atoms with Crippen LogP contribution in [0.5, 0.6) is 5.75 Å². The van der Waals surface area contributed by atoms with Gasteiger partial charge >= 0.3 is 12.1 Å². The highest BCUT2D eigenvalue weighted by atomic mass is 19.4. The summed E-state index contributed by atoms with van der Waals surface area (Å²) in [6.07, 6.45) is -4.82. The minimum absolute atomic E-state index is 0.0214. The minimum atomic E-state index is -5.15. The molecular formula is C31H32F3N3O5. The summed E-state index contributed by atoms with van der Waals surface area (Å²) >= 11 is 0. The number of halogens is 3. The number of aromatic hydroxyl groups is 1. The number of hydrogen-bond acceptors (Lipinski definition) is 6. The number of pyridine rings is 1. The van der Waals surface area contributed by atoms with Gasteiger partial charge in [-0.3, -0.25) is 4.79 Å². The standard InChI is InChI=1S/C31H32F3N3O5/c1-19-20(2)37-18-24(28(39)36(3)4)23(26(38)27(37)35-19)16-17-25(21-12-8-6-9-13-21)42-29(40)30(41-5,31(32,33)34)22-14-10-7-11-15-22/h6-15,18,25,38H,16-17H2,1-5H3/t25?,30-/m0/s1. The third-order valence-electron chi connectivity index (χ3n) is 7.35. The van der Waals surface area contributed by atoms with Crippen molar-refractivity contribution in [1.29, 1.82) is 0 Å². The lowest BCUT2D eigenvalue weighted by atomic mass is 9.92. The lowest BCUT2D eigenvalue weighted by molar-refractivity contribution is -0.278. The van der Waals surface area contributed by atoms with Gasteiger partial charge < -0.3 is 23.9 Å². The van der Waals surface area contributed by atoms with Gasteiger partial charge in [-0.15, -0.1) is 0 Å². The van der Waals surface area contributed by atoms with E-state index in [1.54, 1.807) is 68.9 Å². The molecule has 1 N–H and O–H groups in total. The third-order valence-corrected chi connectivity index (χ3v) is 7.35. The molecule has 0 spiro atoms. The highest BCUT2D eigenvalue weighted by Gasteiger charge is 2.64. The zero-order chi connectivity index (χ0) is 30.8. The van der Waals surface area contributed by atoms with E-state index in [-0.39, 0.29) is 41.3 Å². The van der Waals surface area contributed by atoms with E-state index in [2.05, 4.69) is 4.98 Å². The number of alkyl halides is 3. The number of ether oxygens (including phenoxy) is 2.